The maximum Gasteiger partial charge on any atom is 0.122 e. The fraction of sp³-hybridized carbons (Fsp3) is 0.333. The Labute approximate surface area is 137 Å². The molecular formula is C18H23N5. The van der Waals surface area contributed by atoms with Gasteiger partial charge in [-0.25, -0.2) is 4.98 Å². The van der Waals surface area contributed by atoms with Gasteiger partial charge in [-0.15, -0.1) is 0 Å². The average Bonchev–Trinajstić information content (AvgIpc) is 3.25. The summed E-state index contributed by atoms with van der Waals surface area (Å²) < 4.78 is 4.17. The predicted molar refractivity (Wildman–Crippen MR) is 91.0 cm³/mol. The van der Waals surface area contributed by atoms with Crippen LogP contribution in [0.1, 0.15) is 31.3 Å². The van der Waals surface area contributed by atoms with Crippen molar-refractivity contribution in [3.05, 3.63) is 72.6 Å². The number of nitrogens with zero attached hydrogens (tertiary/aromatic N) is 4. The van der Waals surface area contributed by atoms with E-state index in [1.807, 2.05) is 41.6 Å². The Morgan fingerprint density at radius 1 is 1.04 bits per heavy atom. The van der Waals surface area contributed by atoms with Gasteiger partial charge in [0.25, 0.3) is 0 Å². The zero-order valence-corrected chi connectivity index (χ0v) is 13.6. The van der Waals surface area contributed by atoms with E-state index in [9.17, 15) is 0 Å². The van der Waals surface area contributed by atoms with Crippen LogP contribution in [0.15, 0.2) is 61.2 Å². The van der Waals surface area contributed by atoms with Gasteiger partial charge in [0.2, 0.25) is 0 Å². The van der Waals surface area contributed by atoms with Gasteiger partial charge in [-0.2, -0.15) is 5.10 Å². The molecule has 0 fully saturated rings. The van der Waals surface area contributed by atoms with Crippen molar-refractivity contribution in [2.24, 2.45) is 0 Å². The second kappa shape index (κ2) is 7.24. The third-order valence-corrected chi connectivity index (χ3v) is 4.25. The van der Waals surface area contributed by atoms with Crippen molar-refractivity contribution in [3.63, 3.8) is 0 Å². The summed E-state index contributed by atoms with van der Waals surface area (Å²) in [6, 6.07) is 13.0. The lowest BCUT2D eigenvalue weighted by molar-refractivity contribution is 0.360. The highest BCUT2D eigenvalue weighted by Gasteiger charge is 2.14. The first-order valence-electron chi connectivity index (χ1n) is 8.00. The Kier molecular flexibility index (Phi) is 4.88. The zero-order chi connectivity index (χ0) is 16.1. The van der Waals surface area contributed by atoms with Gasteiger partial charge in [0.05, 0.1) is 12.6 Å². The van der Waals surface area contributed by atoms with Crippen LogP contribution in [0.3, 0.4) is 0 Å². The average molecular weight is 309 g/mol. The highest BCUT2D eigenvalue weighted by molar-refractivity contribution is 5.15. The molecule has 3 aromatic rings. The Bertz CT molecular complexity index is 702. The quantitative estimate of drug-likeness (QED) is 0.730. The zero-order valence-electron chi connectivity index (χ0n) is 13.6. The number of hydrogen-bond acceptors (Lipinski definition) is 3. The molecule has 3 rings (SSSR count). The molecule has 120 valence electrons. The Balaban J connectivity index is 1.60. The molecule has 0 spiro atoms. The lowest BCUT2D eigenvalue weighted by atomic mass is 10.2. The smallest absolute Gasteiger partial charge is 0.122 e. The van der Waals surface area contributed by atoms with Crippen LogP contribution >= 0.6 is 0 Å². The molecule has 1 aromatic carbocycles. The van der Waals surface area contributed by atoms with Crippen molar-refractivity contribution in [3.8, 4) is 0 Å². The van der Waals surface area contributed by atoms with Crippen LogP contribution in [-0.4, -0.2) is 25.4 Å². The van der Waals surface area contributed by atoms with E-state index in [4.69, 9.17) is 0 Å². The fourth-order valence-corrected chi connectivity index (χ4v) is 2.60. The molecule has 0 amide bonds. The van der Waals surface area contributed by atoms with Gasteiger partial charge in [0.1, 0.15) is 5.82 Å². The third kappa shape index (κ3) is 3.87. The van der Waals surface area contributed by atoms with Crippen molar-refractivity contribution in [2.45, 2.75) is 39.0 Å². The lowest BCUT2D eigenvalue weighted by Gasteiger charge is -2.22. The first-order valence-corrected chi connectivity index (χ1v) is 8.00. The minimum Gasteiger partial charge on any atom is -0.329 e. The summed E-state index contributed by atoms with van der Waals surface area (Å²) in [6.07, 6.45) is 7.71. The molecule has 23 heavy (non-hydrogen) atoms. The third-order valence-electron chi connectivity index (χ3n) is 4.25. The van der Waals surface area contributed by atoms with Crippen LogP contribution < -0.4 is 5.32 Å². The first kappa shape index (κ1) is 15.5. The van der Waals surface area contributed by atoms with E-state index in [1.54, 1.807) is 0 Å². The van der Waals surface area contributed by atoms with Crippen LogP contribution in [0.2, 0.25) is 0 Å². The summed E-state index contributed by atoms with van der Waals surface area (Å²) in [6.45, 7) is 5.94. The maximum absolute atomic E-state index is 4.48. The van der Waals surface area contributed by atoms with Gasteiger partial charge in [-0.1, -0.05) is 30.3 Å². The molecule has 1 N–H and O–H groups in total. The Morgan fingerprint density at radius 3 is 2.61 bits per heavy atom. The molecule has 2 atom stereocenters. The standard InChI is InChI=1S/C18H23N5/c1-15(16(2)23-11-6-9-21-23)20-13-18-19-10-12-22(18)14-17-7-4-3-5-8-17/h3-12,15-16,20H,13-14H2,1-2H3/t15-,16-/m0/s1. The number of benzene rings is 1. The monoisotopic (exact) mass is 309 g/mol. The minimum absolute atomic E-state index is 0.294. The van der Waals surface area contributed by atoms with E-state index < -0.39 is 0 Å². The van der Waals surface area contributed by atoms with Gasteiger partial charge in [0, 0.05) is 37.4 Å². The van der Waals surface area contributed by atoms with E-state index >= 15 is 0 Å². The van der Waals surface area contributed by atoms with Gasteiger partial charge in [-0.3, -0.25) is 4.68 Å². The predicted octanol–water partition coefficient (Wildman–Crippen LogP) is 2.87. The summed E-state index contributed by atoms with van der Waals surface area (Å²) in [7, 11) is 0. The van der Waals surface area contributed by atoms with Crippen LogP contribution in [0.25, 0.3) is 0 Å². The molecule has 0 radical (unpaired) electrons. The highest BCUT2D eigenvalue weighted by Crippen LogP contribution is 2.10. The molecule has 0 aliphatic carbocycles. The summed E-state index contributed by atoms with van der Waals surface area (Å²) in [5, 5.41) is 7.87. The van der Waals surface area contributed by atoms with E-state index in [1.165, 1.54) is 5.56 Å². The maximum atomic E-state index is 4.48. The lowest BCUT2D eigenvalue weighted by Crippen LogP contribution is -2.34. The second-order valence-corrected chi connectivity index (χ2v) is 5.85. The van der Waals surface area contributed by atoms with E-state index in [-0.39, 0.29) is 0 Å². The fourth-order valence-electron chi connectivity index (χ4n) is 2.60. The summed E-state index contributed by atoms with van der Waals surface area (Å²) in [5.41, 5.74) is 1.28. The van der Waals surface area contributed by atoms with Crippen LogP contribution in [0, 0.1) is 0 Å². The molecule has 0 unspecified atom stereocenters. The second-order valence-electron chi connectivity index (χ2n) is 5.85. The van der Waals surface area contributed by atoms with E-state index in [0.29, 0.717) is 12.1 Å². The van der Waals surface area contributed by atoms with Gasteiger partial charge < -0.3 is 9.88 Å². The molecule has 0 aliphatic rings. The SMILES string of the molecule is C[C@H](NCc1nccn1Cc1ccccc1)[C@H](C)n1cccn1. The van der Waals surface area contributed by atoms with Crippen molar-refractivity contribution in [1.82, 2.24) is 24.6 Å². The minimum atomic E-state index is 0.294. The Hall–Kier alpha value is -2.40. The van der Waals surface area contributed by atoms with Crippen LogP contribution in [0.5, 0.6) is 0 Å². The Morgan fingerprint density at radius 2 is 1.87 bits per heavy atom. The molecule has 0 saturated carbocycles. The molecule has 2 aromatic heterocycles. The van der Waals surface area contributed by atoms with Crippen molar-refractivity contribution in [1.29, 1.82) is 0 Å². The van der Waals surface area contributed by atoms with E-state index in [2.05, 4.69) is 58.1 Å². The van der Waals surface area contributed by atoms with E-state index in [0.717, 1.165) is 18.9 Å². The number of aromatic nitrogens is 4. The van der Waals surface area contributed by atoms with Crippen LogP contribution in [-0.2, 0) is 13.1 Å². The molecule has 5 heteroatoms. The number of nitrogens with one attached hydrogen (secondary N) is 1. The molecule has 0 bridgehead atoms. The van der Waals surface area contributed by atoms with Gasteiger partial charge >= 0.3 is 0 Å². The van der Waals surface area contributed by atoms with Crippen molar-refractivity contribution >= 4 is 0 Å². The number of rotatable bonds is 7. The number of imidazole rings is 1. The van der Waals surface area contributed by atoms with Crippen molar-refractivity contribution < 1.29 is 0 Å². The largest absolute Gasteiger partial charge is 0.329 e. The highest BCUT2D eigenvalue weighted by atomic mass is 15.3. The van der Waals surface area contributed by atoms with Gasteiger partial charge in [0.15, 0.2) is 0 Å². The van der Waals surface area contributed by atoms with Gasteiger partial charge in [-0.05, 0) is 25.5 Å². The molecular weight excluding hydrogens is 286 g/mol. The molecule has 5 nitrogen and oxygen atoms in total. The van der Waals surface area contributed by atoms with Crippen molar-refractivity contribution in [2.75, 3.05) is 0 Å². The molecule has 0 aliphatic heterocycles. The van der Waals surface area contributed by atoms with Crippen LogP contribution in [0.4, 0.5) is 0 Å². The summed E-state index contributed by atoms with van der Waals surface area (Å²) in [4.78, 5) is 4.48. The normalized spacial score (nSPS) is 13.8. The summed E-state index contributed by atoms with van der Waals surface area (Å²) in [5.74, 6) is 1.05. The molecule has 0 saturated heterocycles. The first-order chi connectivity index (χ1) is 11.2. The molecule has 2 heterocycles. The topological polar surface area (TPSA) is 47.7 Å². The number of hydrogen-bond donors (Lipinski definition) is 1. The summed E-state index contributed by atoms with van der Waals surface area (Å²) >= 11 is 0.